The molecule has 0 bridgehead atoms. The third-order valence-electron chi connectivity index (χ3n) is 3.90. The van der Waals surface area contributed by atoms with Crippen molar-refractivity contribution in [2.24, 2.45) is 5.92 Å². The van der Waals surface area contributed by atoms with Gasteiger partial charge in [-0.25, -0.2) is 0 Å². The molecule has 1 fully saturated rings. The zero-order chi connectivity index (χ0) is 14.0. The van der Waals surface area contributed by atoms with Crippen LogP contribution in [0.3, 0.4) is 0 Å². The minimum atomic E-state index is -0.183. The van der Waals surface area contributed by atoms with Gasteiger partial charge in [0.05, 0.1) is 6.04 Å². The van der Waals surface area contributed by atoms with E-state index >= 15 is 0 Å². The van der Waals surface area contributed by atoms with Gasteiger partial charge in [0, 0.05) is 11.2 Å². The maximum Gasteiger partial charge on any atom is 0.241 e. The van der Waals surface area contributed by atoms with Crippen LogP contribution in [-0.4, -0.2) is 17.5 Å². The van der Waals surface area contributed by atoms with Gasteiger partial charge in [-0.05, 0) is 58.6 Å². The number of anilines is 1. The molecule has 0 aliphatic heterocycles. The first-order valence-corrected chi connectivity index (χ1v) is 7.04. The summed E-state index contributed by atoms with van der Waals surface area (Å²) in [5, 5.41) is 6.39. The van der Waals surface area contributed by atoms with E-state index in [4.69, 9.17) is 0 Å². The summed E-state index contributed by atoms with van der Waals surface area (Å²) in [7, 11) is 0. The number of nitrogens with one attached hydrogen (secondary N) is 2. The number of amides is 1. The van der Waals surface area contributed by atoms with Gasteiger partial charge in [0.1, 0.15) is 0 Å². The predicted octanol–water partition coefficient (Wildman–Crippen LogP) is 3.10. The van der Waals surface area contributed by atoms with Gasteiger partial charge in [0.2, 0.25) is 5.91 Å². The minimum Gasteiger partial charge on any atom is -0.325 e. The Kier molecular flexibility index (Phi) is 3.95. The molecular formula is C16H24N2O. The maximum absolute atomic E-state index is 12.1. The summed E-state index contributed by atoms with van der Waals surface area (Å²) in [5.74, 6) is 0.736. The van der Waals surface area contributed by atoms with Gasteiger partial charge in [-0.1, -0.05) is 17.7 Å². The molecule has 1 saturated carbocycles. The van der Waals surface area contributed by atoms with Crippen LogP contribution in [0.15, 0.2) is 24.3 Å². The van der Waals surface area contributed by atoms with Gasteiger partial charge >= 0.3 is 0 Å². The molecule has 0 saturated heterocycles. The molecule has 1 amide bonds. The first-order valence-electron chi connectivity index (χ1n) is 7.04. The van der Waals surface area contributed by atoms with Crippen LogP contribution in [0.25, 0.3) is 0 Å². The van der Waals surface area contributed by atoms with Crippen LogP contribution < -0.4 is 10.6 Å². The van der Waals surface area contributed by atoms with Gasteiger partial charge in [-0.2, -0.15) is 0 Å². The summed E-state index contributed by atoms with van der Waals surface area (Å²) in [6, 6.07) is 7.69. The number of aryl methyl sites for hydroxylation is 1. The highest BCUT2D eigenvalue weighted by molar-refractivity contribution is 5.94. The molecule has 1 aliphatic rings. The number of carbonyl (C=O) groups excluding carboxylic acids is 1. The van der Waals surface area contributed by atoms with Crippen LogP contribution in [0, 0.1) is 12.8 Å². The normalized spacial score (nSPS) is 17.1. The summed E-state index contributed by atoms with van der Waals surface area (Å²) >= 11 is 0. The lowest BCUT2D eigenvalue weighted by molar-refractivity contribution is -0.118. The van der Waals surface area contributed by atoms with Crippen LogP contribution in [0.5, 0.6) is 0 Å². The highest BCUT2D eigenvalue weighted by Gasteiger charge is 2.39. The van der Waals surface area contributed by atoms with E-state index < -0.39 is 0 Å². The molecule has 0 aromatic heterocycles. The quantitative estimate of drug-likeness (QED) is 0.854. The molecule has 1 unspecified atom stereocenters. The molecule has 1 atom stereocenters. The van der Waals surface area contributed by atoms with Crippen LogP contribution in [0.1, 0.15) is 39.2 Å². The van der Waals surface area contributed by atoms with Crippen LogP contribution in [-0.2, 0) is 4.79 Å². The van der Waals surface area contributed by atoms with Crippen molar-refractivity contribution in [2.45, 2.75) is 52.1 Å². The van der Waals surface area contributed by atoms with Crippen molar-refractivity contribution < 1.29 is 4.79 Å². The summed E-state index contributed by atoms with van der Waals surface area (Å²) in [6.07, 6.45) is 2.54. The molecule has 0 spiro atoms. The predicted molar refractivity (Wildman–Crippen MR) is 79.2 cm³/mol. The van der Waals surface area contributed by atoms with Crippen molar-refractivity contribution in [1.82, 2.24) is 5.32 Å². The van der Waals surface area contributed by atoms with E-state index in [2.05, 4.69) is 24.5 Å². The van der Waals surface area contributed by atoms with Crippen LogP contribution in [0.4, 0.5) is 5.69 Å². The molecule has 2 N–H and O–H groups in total. The Labute approximate surface area is 115 Å². The van der Waals surface area contributed by atoms with E-state index in [1.165, 1.54) is 18.4 Å². The number of hydrogen-bond donors (Lipinski definition) is 2. The monoisotopic (exact) mass is 260 g/mol. The molecule has 1 aliphatic carbocycles. The SMILES string of the molecule is Cc1ccc(NC(=O)C(C)NC(C)(C)C2CC2)cc1. The van der Waals surface area contributed by atoms with Gasteiger partial charge < -0.3 is 10.6 Å². The lowest BCUT2D eigenvalue weighted by atomic mass is 9.97. The van der Waals surface area contributed by atoms with Crippen molar-refractivity contribution in [3.63, 3.8) is 0 Å². The Balaban J connectivity index is 1.90. The van der Waals surface area contributed by atoms with E-state index in [0.29, 0.717) is 5.92 Å². The van der Waals surface area contributed by atoms with Gasteiger partial charge in [0.15, 0.2) is 0 Å². The Bertz CT molecular complexity index is 446. The topological polar surface area (TPSA) is 41.1 Å². The molecule has 3 nitrogen and oxygen atoms in total. The smallest absolute Gasteiger partial charge is 0.241 e. The Morgan fingerprint density at radius 1 is 1.26 bits per heavy atom. The second-order valence-corrected chi connectivity index (χ2v) is 6.22. The standard InChI is InChI=1S/C16H24N2O/c1-11-5-9-14(10-6-11)17-15(19)12(2)18-16(3,4)13-7-8-13/h5-6,9-10,12-13,18H,7-8H2,1-4H3,(H,17,19). The van der Waals surface area contributed by atoms with Crippen molar-refractivity contribution in [2.75, 3.05) is 5.32 Å². The largest absolute Gasteiger partial charge is 0.325 e. The van der Waals surface area contributed by atoms with Crippen molar-refractivity contribution >= 4 is 11.6 Å². The molecular weight excluding hydrogens is 236 g/mol. The molecule has 104 valence electrons. The van der Waals surface area contributed by atoms with Crippen molar-refractivity contribution in [3.8, 4) is 0 Å². The second kappa shape index (κ2) is 5.33. The fourth-order valence-corrected chi connectivity index (χ4v) is 2.43. The Hall–Kier alpha value is -1.35. The van der Waals surface area contributed by atoms with E-state index in [-0.39, 0.29) is 17.5 Å². The summed E-state index contributed by atoms with van der Waals surface area (Å²) in [4.78, 5) is 12.1. The number of benzene rings is 1. The second-order valence-electron chi connectivity index (χ2n) is 6.22. The van der Waals surface area contributed by atoms with E-state index in [1.54, 1.807) is 0 Å². The molecule has 0 heterocycles. The summed E-state index contributed by atoms with van der Waals surface area (Å²) in [6.45, 7) is 8.32. The van der Waals surface area contributed by atoms with Crippen molar-refractivity contribution in [1.29, 1.82) is 0 Å². The zero-order valence-corrected chi connectivity index (χ0v) is 12.3. The number of carbonyl (C=O) groups is 1. The molecule has 19 heavy (non-hydrogen) atoms. The fourth-order valence-electron chi connectivity index (χ4n) is 2.43. The van der Waals surface area contributed by atoms with Crippen molar-refractivity contribution in [3.05, 3.63) is 29.8 Å². The highest BCUT2D eigenvalue weighted by atomic mass is 16.2. The zero-order valence-electron chi connectivity index (χ0n) is 12.3. The van der Waals surface area contributed by atoms with Crippen LogP contribution >= 0.6 is 0 Å². The van der Waals surface area contributed by atoms with Gasteiger partial charge in [-0.3, -0.25) is 4.79 Å². The van der Waals surface area contributed by atoms with E-state index in [1.807, 2.05) is 38.1 Å². The third-order valence-corrected chi connectivity index (χ3v) is 3.90. The van der Waals surface area contributed by atoms with E-state index in [0.717, 1.165) is 5.69 Å². The first kappa shape index (κ1) is 14.1. The lowest BCUT2D eigenvalue weighted by Gasteiger charge is -2.29. The summed E-state index contributed by atoms with van der Waals surface area (Å²) < 4.78 is 0. The van der Waals surface area contributed by atoms with Gasteiger partial charge in [-0.15, -0.1) is 0 Å². The minimum absolute atomic E-state index is 0.0255. The molecule has 0 radical (unpaired) electrons. The molecule has 1 aromatic carbocycles. The number of rotatable bonds is 5. The number of hydrogen-bond acceptors (Lipinski definition) is 2. The highest BCUT2D eigenvalue weighted by Crippen LogP contribution is 2.39. The average molecular weight is 260 g/mol. The Morgan fingerprint density at radius 3 is 2.37 bits per heavy atom. The van der Waals surface area contributed by atoms with Crippen LogP contribution in [0.2, 0.25) is 0 Å². The lowest BCUT2D eigenvalue weighted by Crippen LogP contribution is -2.51. The maximum atomic E-state index is 12.1. The van der Waals surface area contributed by atoms with Gasteiger partial charge in [0.25, 0.3) is 0 Å². The Morgan fingerprint density at radius 2 is 1.84 bits per heavy atom. The average Bonchev–Trinajstić information content (AvgIpc) is 3.15. The molecule has 1 aromatic rings. The first-order chi connectivity index (χ1) is 8.88. The molecule has 2 rings (SSSR count). The van der Waals surface area contributed by atoms with E-state index in [9.17, 15) is 4.79 Å². The summed E-state index contributed by atoms with van der Waals surface area (Å²) in [5.41, 5.74) is 2.09. The fraction of sp³-hybridized carbons (Fsp3) is 0.562. The molecule has 3 heteroatoms. The third kappa shape index (κ3) is 3.80.